The van der Waals surface area contributed by atoms with Gasteiger partial charge in [-0.15, -0.1) is 0 Å². The number of nitro groups is 2. The number of esters is 1. The Kier molecular flexibility index (Phi) is 8.71. The summed E-state index contributed by atoms with van der Waals surface area (Å²) in [5.41, 5.74) is -0.0530. The molecule has 37 heavy (non-hydrogen) atoms. The van der Waals surface area contributed by atoms with E-state index in [-0.39, 0.29) is 53.8 Å². The molecule has 2 aromatic carbocycles. The number of hydrogen-bond acceptors (Lipinski definition) is 11. The van der Waals surface area contributed by atoms with Gasteiger partial charge in [-0.05, 0) is 24.5 Å². The van der Waals surface area contributed by atoms with Crippen LogP contribution in [0.4, 0.5) is 11.4 Å². The molecule has 3 unspecified atom stereocenters. The van der Waals surface area contributed by atoms with Gasteiger partial charge in [-0.2, -0.15) is 0 Å². The molecule has 0 spiro atoms. The van der Waals surface area contributed by atoms with E-state index < -0.39 is 33.8 Å². The summed E-state index contributed by atoms with van der Waals surface area (Å²) >= 11 is 0. The van der Waals surface area contributed by atoms with Gasteiger partial charge in [-0.25, -0.2) is 0 Å². The largest absolute Gasteiger partial charge is 0.493 e. The fraction of sp³-hybridized carbons (Fsp3) is 0.458. The predicted molar refractivity (Wildman–Crippen MR) is 128 cm³/mol. The van der Waals surface area contributed by atoms with E-state index in [4.69, 9.17) is 28.4 Å². The van der Waals surface area contributed by atoms with Crippen LogP contribution in [-0.2, 0) is 20.7 Å². The third-order valence-electron chi connectivity index (χ3n) is 6.23. The maximum atomic E-state index is 12.1. The first-order valence-electron chi connectivity index (χ1n) is 11.2. The lowest BCUT2D eigenvalue weighted by atomic mass is 9.82. The second-order valence-corrected chi connectivity index (χ2v) is 8.31. The molecule has 1 saturated heterocycles. The molecule has 200 valence electrons. The molecule has 1 aliphatic heterocycles. The van der Waals surface area contributed by atoms with Gasteiger partial charge in [0.15, 0.2) is 23.0 Å². The van der Waals surface area contributed by atoms with Gasteiger partial charge in [-0.3, -0.25) is 25.0 Å². The maximum absolute atomic E-state index is 12.1. The van der Waals surface area contributed by atoms with Crippen molar-refractivity contribution in [3.63, 3.8) is 0 Å². The normalized spacial score (nSPS) is 17.5. The molecule has 0 aromatic heterocycles. The summed E-state index contributed by atoms with van der Waals surface area (Å²) in [6.07, 6.45) is -0.940. The van der Waals surface area contributed by atoms with Crippen molar-refractivity contribution in [3.05, 3.63) is 55.6 Å². The fourth-order valence-electron chi connectivity index (χ4n) is 4.52. The minimum Gasteiger partial charge on any atom is -0.493 e. The van der Waals surface area contributed by atoms with Crippen LogP contribution in [-0.4, -0.2) is 57.5 Å². The van der Waals surface area contributed by atoms with E-state index in [0.717, 1.165) is 0 Å². The maximum Gasteiger partial charge on any atom is 0.303 e. The summed E-state index contributed by atoms with van der Waals surface area (Å²) in [6, 6.07) is 5.40. The molecule has 1 heterocycles. The fourth-order valence-corrected chi connectivity index (χ4v) is 4.52. The predicted octanol–water partition coefficient (Wildman–Crippen LogP) is 3.65. The minimum atomic E-state index is -1.09. The molecule has 2 aromatic rings. The Hall–Kier alpha value is -4.13. The van der Waals surface area contributed by atoms with E-state index in [1.807, 2.05) is 0 Å². The number of nitro benzene ring substituents is 2. The molecule has 0 bridgehead atoms. The van der Waals surface area contributed by atoms with Crippen molar-refractivity contribution in [1.29, 1.82) is 0 Å². The second kappa shape index (κ2) is 11.7. The van der Waals surface area contributed by atoms with Crippen molar-refractivity contribution in [2.24, 2.45) is 11.8 Å². The average molecular weight is 520 g/mol. The highest BCUT2D eigenvalue weighted by Crippen LogP contribution is 2.45. The first-order chi connectivity index (χ1) is 17.6. The smallest absolute Gasteiger partial charge is 0.303 e. The van der Waals surface area contributed by atoms with E-state index >= 15 is 0 Å². The summed E-state index contributed by atoms with van der Waals surface area (Å²) in [4.78, 5) is 34.7. The van der Waals surface area contributed by atoms with Crippen molar-refractivity contribution in [2.45, 2.75) is 19.4 Å². The van der Waals surface area contributed by atoms with Crippen molar-refractivity contribution in [3.8, 4) is 23.0 Å². The third kappa shape index (κ3) is 5.82. The van der Waals surface area contributed by atoms with Crippen LogP contribution in [0.2, 0.25) is 0 Å². The van der Waals surface area contributed by atoms with Gasteiger partial charge in [0.2, 0.25) is 0 Å². The number of rotatable bonds is 11. The standard InChI is InChI=1S/C24H28N2O11/c1-13(27)37-24(16-8-21(33-3)23(35-5)10-19(16)26(30)31)17-12-36-11-15(17)6-14-7-20(32-2)22(34-4)9-18(14)25(28)29/h7-10,15,17,24H,6,11-12H2,1-5H3. The summed E-state index contributed by atoms with van der Waals surface area (Å²) in [5.74, 6) is -0.744. The molecule has 0 aliphatic carbocycles. The lowest BCUT2D eigenvalue weighted by Gasteiger charge is -2.27. The Balaban J connectivity index is 2.09. The Morgan fingerprint density at radius 2 is 1.41 bits per heavy atom. The Bertz CT molecular complexity index is 1180. The first-order valence-corrected chi connectivity index (χ1v) is 11.2. The molecular weight excluding hydrogens is 492 g/mol. The molecule has 0 amide bonds. The Labute approximate surface area is 212 Å². The number of carbonyl (C=O) groups excluding carboxylic acids is 1. The van der Waals surface area contributed by atoms with Crippen LogP contribution >= 0.6 is 0 Å². The molecule has 3 rings (SSSR count). The van der Waals surface area contributed by atoms with E-state index in [1.165, 1.54) is 59.6 Å². The number of methoxy groups -OCH3 is 4. The molecule has 0 saturated carbocycles. The van der Waals surface area contributed by atoms with Gasteiger partial charge in [0.25, 0.3) is 11.4 Å². The highest BCUT2D eigenvalue weighted by Gasteiger charge is 2.42. The number of nitrogens with zero attached hydrogens (tertiary/aromatic N) is 2. The van der Waals surface area contributed by atoms with Gasteiger partial charge in [0.1, 0.15) is 6.10 Å². The molecule has 13 heteroatoms. The van der Waals surface area contributed by atoms with Gasteiger partial charge < -0.3 is 28.4 Å². The topological polar surface area (TPSA) is 159 Å². The van der Waals surface area contributed by atoms with Crippen molar-refractivity contribution in [2.75, 3.05) is 41.7 Å². The van der Waals surface area contributed by atoms with Crippen LogP contribution in [0.1, 0.15) is 24.2 Å². The third-order valence-corrected chi connectivity index (χ3v) is 6.23. The first kappa shape index (κ1) is 27.5. The molecular formula is C24H28N2O11. The highest BCUT2D eigenvalue weighted by molar-refractivity contribution is 5.67. The lowest BCUT2D eigenvalue weighted by Crippen LogP contribution is -2.27. The van der Waals surface area contributed by atoms with E-state index in [2.05, 4.69) is 0 Å². The van der Waals surface area contributed by atoms with Gasteiger partial charge in [-0.1, -0.05) is 0 Å². The van der Waals surface area contributed by atoms with Crippen LogP contribution in [0.25, 0.3) is 0 Å². The van der Waals surface area contributed by atoms with E-state index in [0.29, 0.717) is 11.3 Å². The van der Waals surface area contributed by atoms with E-state index in [9.17, 15) is 25.0 Å². The summed E-state index contributed by atoms with van der Waals surface area (Å²) in [6.45, 7) is 1.49. The molecule has 13 nitrogen and oxygen atoms in total. The van der Waals surface area contributed by atoms with Crippen molar-refractivity contribution in [1.82, 2.24) is 0 Å². The molecule has 0 N–H and O–H groups in total. The molecule has 1 aliphatic rings. The molecule has 1 fully saturated rings. The van der Waals surface area contributed by atoms with E-state index in [1.54, 1.807) is 0 Å². The Morgan fingerprint density at radius 3 is 1.92 bits per heavy atom. The zero-order valence-electron chi connectivity index (χ0n) is 21.0. The van der Waals surface area contributed by atoms with Crippen LogP contribution in [0.5, 0.6) is 23.0 Å². The number of ether oxygens (including phenoxy) is 6. The Morgan fingerprint density at radius 1 is 0.892 bits per heavy atom. The minimum absolute atomic E-state index is 0.0974. The SMILES string of the molecule is COc1cc(CC2COCC2C(OC(C)=O)c2cc(OC)c(OC)cc2[N+](=O)[O-])c([N+](=O)[O-])cc1OC. The zero-order chi connectivity index (χ0) is 27.3. The van der Waals surface area contributed by atoms with Crippen LogP contribution in [0.15, 0.2) is 24.3 Å². The molecule has 3 atom stereocenters. The lowest BCUT2D eigenvalue weighted by molar-refractivity contribution is -0.386. The monoisotopic (exact) mass is 520 g/mol. The summed E-state index contributed by atoms with van der Waals surface area (Å²) in [5, 5.41) is 23.8. The number of benzene rings is 2. The quantitative estimate of drug-likeness (QED) is 0.242. The van der Waals surface area contributed by atoms with Crippen LogP contribution in [0.3, 0.4) is 0 Å². The van der Waals surface area contributed by atoms with Gasteiger partial charge >= 0.3 is 5.97 Å². The zero-order valence-corrected chi connectivity index (χ0v) is 21.0. The number of carbonyl (C=O) groups is 1. The second-order valence-electron chi connectivity index (χ2n) is 8.31. The number of hydrogen-bond donors (Lipinski definition) is 0. The van der Waals surface area contributed by atoms with Crippen LogP contribution in [0, 0.1) is 32.1 Å². The molecule has 0 radical (unpaired) electrons. The summed E-state index contributed by atoms with van der Waals surface area (Å²) in [7, 11) is 5.53. The highest BCUT2D eigenvalue weighted by atomic mass is 16.6. The van der Waals surface area contributed by atoms with Crippen molar-refractivity contribution < 1.29 is 43.1 Å². The van der Waals surface area contributed by atoms with Gasteiger partial charge in [0, 0.05) is 18.4 Å². The average Bonchev–Trinajstić information content (AvgIpc) is 3.33. The van der Waals surface area contributed by atoms with Crippen molar-refractivity contribution >= 4 is 17.3 Å². The van der Waals surface area contributed by atoms with Gasteiger partial charge in [0.05, 0.1) is 69.2 Å². The summed E-state index contributed by atoms with van der Waals surface area (Å²) < 4.78 is 32.3. The van der Waals surface area contributed by atoms with Crippen LogP contribution < -0.4 is 18.9 Å².